The Balaban J connectivity index is 2.63. The van der Waals surface area contributed by atoms with Gasteiger partial charge in [0, 0.05) is 17.1 Å². The molecule has 0 aliphatic carbocycles. The number of pyridine rings is 1. The highest BCUT2D eigenvalue weighted by molar-refractivity contribution is 5.89. The van der Waals surface area contributed by atoms with Crippen LogP contribution in [0.15, 0.2) is 48.7 Å². The van der Waals surface area contributed by atoms with Crippen molar-refractivity contribution in [3.05, 3.63) is 54.2 Å². The lowest BCUT2D eigenvalue weighted by molar-refractivity contribution is 1.25. The van der Waals surface area contributed by atoms with Gasteiger partial charge in [-0.3, -0.25) is 0 Å². The first-order valence-corrected chi connectivity index (χ1v) is 4.82. The van der Waals surface area contributed by atoms with Crippen LogP contribution in [0.1, 0.15) is 5.56 Å². The minimum absolute atomic E-state index is 1.26. The van der Waals surface area contributed by atoms with Crippen LogP contribution in [0.5, 0.6) is 0 Å². The summed E-state index contributed by atoms with van der Waals surface area (Å²) in [7, 11) is 0. The molecule has 2 aromatic heterocycles. The summed E-state index contributed by atoms with van der Waals surface area (Å²) in [5.41, 5.74) is 3.89. The molecule has 0 atom stereocenters. The van der Waals surface area contributed by atoms with Crippen molar-refractivity contribution in [2.24, 2.45) is 0 Å². The smallest absolute Gasteiger partial charge is 0.0531 e. The summed E-state index contributed by atoms with van der Waals surface area (Å²) in [6.07, 6.45) is 2.11. The zero-order chi connectivity index (χ0) is 9.54. The molecule has 1 heteroatoms. The molecule has 0 amide bonds. The van der Waals surface area contributed by atoms with Crippen LogP contribution in [-0.2, 0) is 0 Å². The molecule has 3 rings (SSSR count). The van der Waals surface area contributed by atoms with Crippen LogP contribution in [0, 0.1) is 6.92 Å². The average Bonchev–Trinajstić information content (AvgIpc) is 2.59. The van der Waals surface area contributed by atoms with Crippen molar-refractivity contribution in [1.82, 2.24) is 4.40 Å². The van der Waals surface area contributed by atoms with Gasteiger partial charge >= 0.3 is 0 Å². The fraction of sp³-hybridized carbons (Fsp3) is 0.0769. The van der Waals surface area contributed by atoms with E-state index >= 15 is 0 Å². The number of rotatable bonds is 0. The van der Waals surface area contributed by atoms with E-state index in [1.54, 1.807) is 0 Å². The summed E-state index contributed by atoms with van der Waals surface area (Å²) < 4.78 is 2.22. The van der Waals surface area contributed by atoms with Crippen molar-refractivity contribution in [3.8, 4) is 0 Å². The highest BCUT2D eigenvalue weighted by Gasteiger charge is 2.02. The molecule has 0 aliphatic rings. The van der Waals surface area contributed by atoms with Crippen LogP contribution in [0.25, 0.3) is 16.4 Å². The Hall–Kier alpha value is -1.76. The lowest BCUT2D eigenvalue weighted by Crippen LogP contribution is -1.81. The Morgan fingerprint density at radius 2 is 1.93 bits per heavy atom. The number of fused-ring (bicyclic) bond motifs is 3. The van der Waals surface area contributed by atoms with Crippen LogP contribution >= 0.6 is 0 Å². The van der Waals surface area contributed by atoms with E-state index < -0.39 is 0 Å². The first-order valence-electron chi connectivity index (χ1n) is 4.82. The number of hydrogen-bond acceptors (Lipinski definition) is 0. The summed E-state index contributed by atoms with van der Waals surface area (Å²) in [6, 6.07) is 14.9. The second-order valence-electron chi connectivity index (χ2n) is 3.65. The van der Waals surface area contributed by atoms with E-state index in [0.717, 1.165) is 0 Å². The van der Waals surface area contributed by atoms with E-state index in [2.05, 4.69) is 60.0 Å². The molecule has 14 heavy (non-hydrogen) atoms. The van der Waals surface area contributed by atoms with Crippen LogP contribution < -0.4 is 0 Å². The van der Waals surface area contributed by atoms with Gasteiger partial charge in [0.05, 0.1) is 5.52 Å². The zero-order valence-corrected chi connectivity index (χ0v) is 8.07. The van der Waals surface area contributed by atoms with E-state index in [1.165, 1.54) is 22.0 Å². The molecule has 0 bridgehead atoms. The fourth-order valence-corrected chi connectivity index (χ4v) is 2.00. The molecule has 2 heterocycles. The summed E-state index contributed by atoms with van der Waals surface area (Å²) in [4.78, 5) is 0. The zero-order valence-electron chi connectivity index (χ0n) is 8.07. The molecule has 0 spiro atoms. The summed E-state index contributed by atoms with van der Waals surface area (Å²) in [5.74, 6) is 0. The normalized spacial score (nSPS) is 11.2. The molecule has 0 saturated heterocycles. The molecule has 1 nitrogen and oxygen atoms in total. The third-order valence-electron chi connectivity index (χ3n) is 2.74. The van der Waals surface area contributed by atoms with Crippen molar-refractivity contribution in [1.29, 1.82) is 0 Å². The Morgan fingerprint density at radius 3 is 2.86 bits per heavy atom. The molecule has 0 aliphatic heterocycles. The van der Waals surface area contributed by atoms with Gasteiger partial charge < -0.3 is 4.40 Å². The standard InChI is InChI=1S/C13H11N/c1-10-5-4-7-13-12(10)9-11-6-2-3-8-14(11)13/h2-9H,1H3. The maximum atomic E-state index is 2.24. The van der Waals surface area contributed by atoms with Crippen LogP contribution in [0.2, 0.25) is 0 Å². The highest BCUT2D eigenvalue weighted by atomic mass is 14.9. The summed E-state index contributed by atoms with van der Waals surface area (Å²) in [6.45, 7) is 2.15. The third-order valence-corrected chi connectivity index (χ3v) is 2.74. The van der Waals surface area contributed by atoms with E-state index in [1.807, 2.05) is 0 Å². The monoisotopic (exact) mass is 181 g/mol. The maximum absolute atomic E-state index is 2.24. The lowest BCUT2D eigenvalue weighted by atomic mass is 10.1. The van der Waals surface area contributed by atoms with Gasteiger partial charge in [0.25, 0.3) is 0 Å². The van der Waals surface area contributed by atoms with E-state index in [-0.39, 0.29) is 0 Å². The van der Waals surface area contributed by atoms with Crippen LogP contribution in [-0.4, -0.2) is 4.40 Å². The summed E-state index contributed by atoms with van der Waals surface area (Å²) >= 11 is 0. The Labute approximate surface area is 82.6 Å². The molecule has 3 aromatic rings. The number of nitrogens with zero attached hydrogens (tertiary/aromatic N) is 1. The second-order valence-corrected chi connectivity index (χ2v) is 3.65. The van der Waals surface area contributed by atoms with Gasteiger partial charge in [0.2, 0.25) is 0 Å². The van der Waals surface area contributed by atoms with Gasteiger partial charge in [-0.15, -0.1) is 0 Å². The van der Waals surface area contributed by atoms with Crippen molar-refractivity contribution in [2.45, 2.75) is 6.92 Å². The van der Waals surface area contributed by atoms with Gasteiger partial charge in [-0.2, -0.15) is 0 Å². The van der Waals surface area contributed by atoms with Gasteiger partial charge in [0.1, 0.15) is 0 Å². The number of aromatic nitrogens is 1. The first kappa shape index (κ1) is 7.63. The van der Waals surface area contributed by atoms with Gasteiger partial charge in [-0.05, 0) is 36.8 Å². The lowest BCUT2D eigenvalue weighted by Gasteiger charge is -1.96. The number of aryl methyl sites for hydroxylation is 1. The van der Waals surface area contributed by atoms with E-state index in [0.29, 0.717) is 0 Å². The summed E-state index contributed by atoms with van der Waals surface area (Å²) in [5, 5.41) is 1.35. The van der Waals surface area contributed by atoms with Crippen LogP contribution in [0.4, 0.5) is 0 Å². The van der Waals surface area contributed by atoms with Crippen molar-refractivity contribution in [3.63, 3.8) is 0 Å². The predicted octanol–water partition coefficient (Wildman–Crippen LogP) is 3.40. The average molecular weight is 181 g/mol. The molecule has 0 radical (unpaired) electrons. The largest absolute Gasteiger partial charge is 0.317 e. The molecule has 1 aromatic carbocycles. The third kappa shape index (κ3) is 0.896. The minimum atomic E-state index is 1.26. The molecule has 68 valence electrons. The SMILES string of the molecule is Cc1cccc2c1cc1ccccn12. The fourth-order valence-electron chi connectivity index (χ4n) is 2.00. The quantitative estimate of drug-likeness (QED) is 0.500. The molecule has 0 saturated carbocycles. The van der Waals surface area contributed by atoms with Crippen molar-refractivity contribution >= 4 is 16.4 Å². The topological polar surface area (TPSA) is 4.41 Å². The number of benzene rings is 1. The van der Waals surface area contributed by atoms with Gasteiger partial charge in [-0.1, -0.05) is 18.2 Å². The second kappa shape index (κ2) is 2.61. The molecular weight excluding hydrogens is 170 g/mol. The minimum Gasteiger partial charge on any atom is -0.317 e. The number of hydrogen-bond donors (Lipinski definition) is 0. The van der Waals surface area contributed by atoms with Crippen molar-refractivity contribution < 1.29 is 0 Å². The molecule has 0 unspecified atom stereocenters. The molecule has 0 fully saturated rings. The van der Waals surface area contributed by atoms with E-state index in [9.17, 15) is 0 Å². The van der Waals surface area contributed by atoms with Crippen molar-refractivity contribution in [2.75, 3.05) is 0 Å². The van der Waals surface area contributed by atoms with Gasteiger partial charge in [-0.25, -0.2) is 0 Å². The Kier molecular flexibility index (Phi) is 1.42. The van der Waals surface area contributed by atoms with E-state index in [4.69, 9.17) is 0 Å². The maximum Gasteiger partial charge on any atom is 0.0531 e. The molecular formula is C13H11N. The Morgan fingerprint density at radius 1 is 1.00 bits per heavy atom. The predicted molar refractivity (Wildman–Crippen MR) is 59.6 cm³/mol. The van der Waals surface area contributed by atoms with Gasteiger partial charge in [0.15, 0.2) is 0 Å². The Bertz CT molecular complexity index is 605. The first-order chi connectivity index (χ1) is 6.86. The highest BCUT2D eigenvalue weighted by Crippen LogP contribution is 2.22. The molecule has 0 N–H and O–H groups in total. The van der Waals surface area contributed by atoms with Crippen LogP contribution in [0.3, 0.4) is 0 Å².